The highest BCUT2D eigenvalue weighted by Crippen LogP contribution is 2.26. The van der Waals surface area contributed by atoms with Gasteiger partial charge < -0.3 is 20.1 Å². The maximum absolute atomic E-state index is 12.3. The molecule has 0 spiro atoms. The Bertz CT molecular complexity index is 496. The highest BCUT2D eigenvalue weighted by atomic mass is 35.5. The minimum atomic E-state index is 0. The first-order chi connectivity index (χ1) is 11.1. The summed E-state index contributed by atoms with van der Waals surface area (Å²) < 4.78 is 10.8. The molecule has 24 heavy (non-hydrogen) atoms. The van der Waals surface area contributed by atoms with Gasteiger partial charge in [-0.2, -0.15) is 0 Å². The van der Waals surface area contributed by atoms with Crippen molar-refractivity contribution in [2.75, 3.05) is 27.3 Å². The van der Waals surface area contributed by atoms with E-state index < -0.39 is 0 Å². The van der Waals surface area contributed by atoms with Crippen LogP contribution in [0.25, 0.3) is 0 Å². The predicted molar refractivity (Wildman–Crippen MR) is 97.9 cm³/mol. The number of ether oxygens (including phenoxy) is 2. The Morgan fingerprint density at radius 1 is 1.21 bits per heavy atom. The fourth-order valence-corrected chi connectivity index (χ4v) is 2.97. The first-order valence-electron chi connectivity index (χ1n) is 8.36. The summed E-state index contributed by atoms with van der Waals surface area (Å²) in [6.07, 6.45) is 5.05. The molecule has 2 rings (SSSR count). The minimum absolute atomic E-state index is 0. The van der Waals surface area contributed by atoms with Gasteiger partial charge in [-0.1, -0.05) is 12.8 Å². The van der Waals surface area contributed by atoms with Crippen molar-refractivity contribution < 1.29 is 14.3 Å². The maximum atomic E-state index is 12.3. The molecule has 2 N–H and O–H groups in total. The molecule has 1 aliphatic rings. The highest BCUT2D eigenvalue weighted by molar-refractivity contribution is 5.85. The zero-order chi connectivity index (χ0) is 16.7. The lowest BCUT2D eigenvalue weighted by Gasteiger charge is -2.29. The Hall–Kier alpha value is -1.46. The molecule has 0 heterocycles. The van der Waals surface area contributed by atoms with Crippen LogP contribution in [0, 0.1) is 5.92 Å². The standard InChI is InChI=1S/C18H28N2O3.ClH/c1-20(18(21)13-14-5-3-4-6-17(14)19)11-12-23-16-9-7-15(22-2)8-10-16;/h7-10,14,17H,3-6,11-13,19H2,1-2H3;1H. The largest absolute Gasteiger partial charge is 0.497 e. The number of rotatable bonds is 7. The van der Waals surface area contributed by atoms with E-state index in [9.17, 15) is 4.79 Å². The number of halogens is 1. The van der Waals surface area contributed by atoms with Crippen LogP contribution in [0.1, 0.15) is 32.1 Å². The van der Waals surface area contributed by atoms with Crippen molar-refractivity contribution in [3.63, 3.8) is 0 Å². The van der Waals surface area contributed by atoms with Crippen LogP contribution in [0.5, 0.6) is 11.5 Å². The monoisotopic (exact) mass is 356 g/mol. The van der Waals surface area contributed by atoms with Crippen LogP contribution in [0.15, 0.2) is 24.3 Å². The van der Waals surface area contributed by atoms with Crippen LogP contribution in [0.4, 0.5) is 0 Å². The molecular weight excluding hydrogens is 328 g/mol. The van der Waals surface area contributed by atoms with E-state index in [0.717, 1.165) is 24.3 Å². The number of nitrogens with zero attached hydrogens (tertiary/aromatic N) is 1. The quantitative estimate of drug-likeness (QED) is 0.815. The van der Waals surface area contributed by atoms with Crippen molar-refractivity contribution >= 4 is 18.3 Å². The summed E-state index contributed by atoms with van der Waals surface area (Å²) in [6.45, 7) is 1.05. The fourth-order valence-electron chi connectivity index (χ4n) is 2.97. The van der Waals surface area contributed by atoms with E-state index in [1.54, 1.807) is 12.0 Å². The van der Waals surface area contributed by atoms with Gasteiger partial charge in [0, 0.05) is 19.5 Å². The van der Waals surface area contributed by atoms with Gasteiger partial charge in [-0.15, -0.1) is 12.4 Å². The summed E-state index contributed by atoms with van der Waals surface area (Å²) in [4.78, 5) is 14.0. The molecule has 0 radical (unpaired) electrons. The van der Waals surface area contributed by atoms with Crippen molar-refractivity contribution in [2.45, 2.75) is 38.1 Å². The van der Waals surface area contributed by atoms with Crippen molar-refractivity contribution in [2.24, 2.45) is 11.7 Å². The average Bonchev–Trinajstić information content (AvgIpc) is 2.57. The second-order valence-corrected chi connectivity index (χ2v) is 6.25. The molecule has 1 amide bonds. The van der Waals surface area contributed by atoms with Crippen LogP contribution in [0.2, 0.25) is 0 Å². The molecule has 1 aliphatic carbocycles. The molecule has 6 heteroatoms. The van der Waals surface area contributed by atoms with Crippen molar-refractivity contribution in [3.8, 4) is 11.5 Å². The van der Waals surface area contributed by atoms with E-state index >= 15 is 0 Å². The van der Waals surface area contributed by atoms with Crippen LogP contribution < -0.4 is 15.2 Å². The molecule has 136 valence electrons. The predicted octanol–water partition coefficient (Wildman–Crippen LogP) is 2.86. The molecule has 0 aromatic heterocycles. The molecule has 2 atom stereocenters. The van der Waals surface area contributed by atoms with E-state index in [2.05, 4.69) is 0 Å². The third-order valence-corrected chi connectivity index (χ3v) is 4.59. The van der Waals surface area contributed by atoms with Crippen LogP contribution in [-0.4, -0.2) is 44.2 Å². The van der Waals surface area contributed by atoms with Gasteiger partial charge in [0.25, 0.3) is 0 Å². The molecule has 1 saturated carbocycles. The van der Waals surface area contributed by atoms with Gasteiger partial charge in [0.2, 0.25) is 5.91 Å². The van der Waals surface area contributed by atoms with Gasteiger partial charge in [0.1, 0.15) is 18.1 Å². The van der Waals surface area contributed by atoms with E-state index in [-0.39, 0.29) is 24.4 Å². The second kappa shape index (κ2) is 10.4. The Kier molecular flexibility index (Phi) is 8.93. The lowest BCUT2D eigenvalue weighted by atomic mass is 9.83. The number of nitrogens with two attached hydrogens (primary N) is 1. The molecule has 1 aromatic rings. The second-order valence-electron chi connectivity index (χ2n) is 6.25. The number of likely N-dealkylation sites (N-methyl/N-ethyl adjacent to an activating group) is 1. The van der Waals surface area contributed by atoms with Gasteiger partial charge in [0.15, 0.2) is 0 Å². The molecule has 1 aromatic carbocycles. The summed E-state index contributed by atoms with van der Waals surface area (Å²) >= 11 is 0. The molecular formula is C18H29ClN2O3. The van der Waals surface area contributed by atoms with Gasteiger partial charge in [-0.25, -0.2) is 0 Å². The Balaban J connectivity index is 0.00000288. The van der Waals surface area contributed by atoms with Crippen molar-refractivity contribution in [1.82, 2.24) is 4.90 Å². The zero-order valence-corrected chi connectivity index (χ0v) is 15.4. The Labute approximate surface area is 150 Å². The van der Waals surface area contributed by atoms with E-state index in [4.69, 9.17) is 15.2 Å². The Morgan fingerprint density at radius 2 is 1.83 bits per heavy atom. The lowest BCUT2D eigenvalue weighted by molar-refractivity contribution is -0.131. The van der Waals surface area contributed by atoms with Crippen LogP contribution in [0.3, 0.4) is 0 Å². The number of amides is 1. The molecule has 1 fully saturated rings. The van der Waals surface area contributed by atoms with Crippen LogP contribution >= 0.6 is 12.4 Å². The van der Waals surface area contributed by atoms with Gasteiger partial charge in [0.05, 0.1) is 13.7 Å². The molecule has 0 saturated heterocycles. The molecule has 0 bridgehead atoms. The van der Waals surface area contributed by atoms with Crippen molar-refractivity contribution in [1.29, 1.82) is 0 Å². The SMILES string of the molecule is COc1ccc(OCCN(C)C(=O)CC2CCCCC2N)cc1.Cl. The van der Waals surface area contributed by atoms with Crippen LogP contribution in [-0.2, 0) is 4.79 Å². The maximum Gasteiger partial charge on any atom is 0.222 e. The summed E-state index contributed by atoms with van der Waals surface area (Å²) in [5.74, 6) is 2.07. The van der Waals surface area contributed by atoms with E-state index in [0.29, 0.717) is 25.5 Å². The number of methoxy groups -OCH3 is 1. The summed E-state index contributed by atoms with van der Waals surface area (Å²) in [5.41, 5.74) is 6.12. The molecule has 0 aliphatic heterocycles. The number of hydrogen-bond acceptors (Lipinski definition) is 4. The average molecular weight is 357 g/mol. The smallest absolute Gasteiger partial charge is 0.222 e. The summed E-state index contributed by atoms with van der Waals surface area (Å²) in [5, 5.41) is 0. The number of carbonyl (C=O) groups excluding carboxylic acids is 1. The normalized spacial score (nSPS) is 20.0. The van der Waals surface area contributed by atoms with E-state index in [1.807, 2.05) is 31.3 Å². The number of hydrogen-bond donors (Lipinski definition) is 1. The van der Waals surface area contributed by atoms with E-state index in [1.165, 1.54) is 12.8 Å². The topological polar surface area (TPSA) is 64.8 Å². The number of carbonyl (C=O) groups is 1. The Morgan fingerprint density at radius 3 is 2.46 bits per heavy atom. The zero-order valence-electron chi connectivity index (χ0n) is 14.6. The van der Waals surface area contributed by atoms with Crippen molar-refractivity contribution in [3.05, 3.63) is 24.3 Å². The summed E-state index contributed by atoms with van der Waals surface area (Å²) in [7, 11) is 3.46. The first-order valence-corrected chi connectivity index (χ1v) is 8.36. The summed E-state index contributed by atoms with van der Waals surface area (Å²) in [6, 6.07) is 7.61. The molecule has 2 unspecified atom stereocenters. The minimum Gasteiger partial charge on any atom is -0.497 e. The first kappa shape index (κ1) is 20.6. The van der Waals surface area contributed by atoms with Gasteiger partial charge in [-0.05, 0) is 43.0 Å². The van der Waals surface area contributed by atoms with Gasteiger partial charge >= 0.3 is 0 Å². The third kappa shape index (κ3) is 6.21. The highest BCUT2D eigenvalue weighted by Gasteiger charge is 2.25. The van der Waals surface area contributed by atoms with Gasteiger partial charge in [-0.3, -0.25) is 4.79 Å². The number of benzene rings is 1. The third-order valence-electron chi connectivity index (χ3n) is 4.59. The molecule has 5 nitrogen and oxygen atoms in total. The lowest BCUT2D eigenvalue weighted by Crippen LogP contribution is -2.38. The fraction of sp³-hybridized carbons (Fsp3) is 0.611.